The first-order chi connectivity index (χ1) is 15.6. The fourth-order valence-corrected chi connectivity index (χ4v) is 3.46. The van der Waals surface area contributed by atoms with Gasteiger partial charge in [-0.05, 0) is 36.8 Å². The van der Waals surface area contributed by atoms with E-state index >= 15 is 0 Å². The van der Waals surface area contributed by atoms with Crippen molar-refractivity contribution in [3.63, 3.8) is 0 Å². The summed E-state index contributed by atoms with van der Waals surface area (Å²) < 4.78 is 1.43. The zero-order valence-electron chi connectivity index (χ0n) is 17.8. The maximum absolute atomic E-state index is 12.9. The van der Waals surface area contributed by atoms with Crippen molar-refractivity contribution in [3.05, 3.63) is 94.4 Å². The van der Waals surface area contributed by atoms with Crippen molar-refractivity contribution in [1.29, 1.82) is 0 Å². The first kappa shape index (κ1) is 21.2. The minimum Gasteiger partial charge on any atom is -0.365 e. The van der Waals surface area contributed by atoms with Crippen molar-refractivity contribution in [2.75, 3.05) is 11.9 Å². The summed E-state index contributed by atoms with van der Waals surface area (Å²) in [5.74, 6) is -0.0267. The van der Waals surface area contributed by atoms with Crippen LogP contribution in [0.3, 0.4) is 0 Å². The lowest BCUT2D eigenvalue weighted by atomic mass is 10.1. The number of fused-ring (bicyclic) bond motifs is 1. The van der Waals surface area contributed by atoms with Gasteiger partial charge in [0, 0.05) is 54.9 Å². The second-order valence-corrected chi connectivity index (χ2v) is 7.40. The smallest absolute Gasteiger partial charge is 0.293 e. The Bertz CT molecular complexity index is 1280. The van der Waals surface area contributed by atoms with E-state index in [-0.39, 0.29) is 23.8 Å². The van der Waals surface area contributed by atoms with E-state index in [1.807, 2.05) is 48.5 Å². The summed E-state index contributed by atoms with van der Waals surface area (Å²) in [5, 5.41) is 6.95. The number of hydrogen-bond donors (Lipinski definition) is 2. The summed E-state index contributed by atoms with van der Waals surface area (Å²) in [6.45, 7) is 2.56. The zero-order chi connectivity index (χ0) is 22.3. The minimum atomic E-state index is -0.324. The van der Waals surface area contributed by atoms with Crippen molar-refractivity contribution >= 4 is 22.6 Å². The summed E-state index contributed by atoms with van der Waals surface area (Å²) in [4.78, 5) is 38.3. The van der Waals surface area contributed by atoms with E-state index in [9.17, 15) is 9.59 Å². The van der Waals surface area contributed by atoms with Gasteiger partial charge in [-0.1, -0.05) is 24.3 Å². The number of amides is 1. The monoisotopic (exact) mass is 428 g/mol. The third kappa shape index (κ3) is 4.97. The highest BCUT2D eigenvalue weighted by Crippen LogP contribution is 2.16. The molecule has 8 heteroatoms. The minimum absolute atomic E-state index is 0.0783. The summed E-state index contributed by atoms with van der Waals surface area (Å²) in [6.07, 6.45) is 5.73. The van der Waals surface area contributed by atoms with Gasteiger partial charge in [0.15, 0.2) is 5.82 Å². The second kappa shape index (κ2) is 9.82. The molecule has 0 saturated carbocycles. The molecule has 8 nitrogen and oxygen atoms in total. The fraction of sp³-hybridized carbons (Fsp3) is 0.208. The Kier molecular flexibility index (Phi) is 6.50. The van der Waals surface area contributed by atoms with E-state index in [1.54, 1.807) is 25.5 Å². The highest BCUT2D eigenvalue weighted by Gasteiger charge is 2.12. The van der Waals surface area contributed by atoms with Gasteiger partial charge in [-0.3, -0.25) is 24.1 Å². The van der Waals surface area contributed by atoms with Gasteiger partial charge in [0.1, 0.15) is 6.54 Å². The van der Waals surface area contributed by atoms with Gasteiger partial charge in [-0.2, -0.15) is 0 Å². The number of aryl methyl sites for hydroxylation is 1. The fourth-order valence-electron chi connectivity index (χ4n) is 3.46. The number of nitrogens with one attached hydrogen (secondary N) is 2. The van der Waals surface area contributed by atoms with Gasteiger partial charge in [0.25, 0.3) is 5.56 Å². The molecule has 0 atom stereocenters. The Morgan fingerprint density at radius 2 is 1.88 bits per heavy atom. The van der Waals surface area contributed by atoms with Gasteiger partial charge < -0.3 is 10.6 Å². The molecular weight excluding hydrogens is 404 g/mol. The molecule has 0 saturated heterocycles. The first-order valence-corrected chi connectivity index (χ1v) is 10.4. The molecule has 0 aliphatic rings. The third-order valence-electron chi connectivity index (χ3n) is 5.17. The molecule has 162 valence electrons. The normalized spacial score (nSPS) is 10.8. The van der Waals surface area contributed by atoms with E-state index in [4.69, 9.17) is 0 Å². The number of aromatic nitrogens is 4. The molecule has 0 unspecified atom stereocenters. The molecule has 1 amide bonds. The van der Waals surface area contributed by atoms with Crippen molar-refractivity contribution in [3.8, 4) is 0 Å². The molecule has 3 aromatic heterocycles. The number of carbonyl (C=O) groups excluding carboxylic acids is 1. The summed E-state index contributed by atoms with van der Waals surface area (Å²) in [6, 6.07) is 15.4. The number of nitrogens with zero attached hydrogens (tertiary/aromatic N) is 4. The predicted molar refractivity (Wildman–Crippen MR) is 123 cm³/mol. The molecule has 0 bridgehead atoms. The van der Waals surface area contributed by atoms with E-state index in [1.165, 1.54) is 4.57 Å². The van der Waals surface area contributed by atoms with Gasteiger partial charge in [-0.25, -0.2) is 4.98 Å². The Balaban J connectivity index is 1.40. The largest absolute Gasteiger partial charge is 0.365 e. The molecule has 3 heterocycles. The molecular formula is C24H24N6O2. The van der Waals surface area contributed by atoms with Crippen LogP contribution in [-0.2, 0) is 24.3 Å². The molecule has 2 N–H and O–H groups in total. The highest BCUT2D eigenvalue weighted by molar-refractivity contribution is 5.83. The molecule has 4 rings (SSSR count). The number of carbonyl (C=O) groups is 1. The van der Waals surface area contributed by atoms with E-state index in [0.29, 0.717) is 25.2 Å². The highest BCUT2D eigenvalue weighted by atomic mass is 16.2. The first-order valence-electron chi connectivity index (χ1n) is 10.4. The maximum Gasteiger partial charge on any atom is 0.293 e. The van der Waals surface area contributed by atoms with Crippen LogP contribution >= 0.6 is 0 Å². The zero-order valence-corrected chi connectivity index (χ0v) is 17.8. The lowest BCUT2D eigenvalue weighted by molar-refractivity contribution is -0.121. The average molecular weight is 428 g/mol. The van der Waals surface area contributed by atoms with Crippen molar-refractivity contribution < 1.29 is 4.79 Å². The molecule has 0 spiro atoms. The Labute approximate surface area is 185 Å². The van der Waals surface area contributed by atoms with Crippen LogP contribution in [0.2, 0.25) is 0 Å². The molecule has 4 aromatic rings. The second-order valence-electron chi connectivity index (χ2n) is 7.40. The standard InChI is InChI=1S/C24H24N6O2/c1-17-14-29-23(27-13-10-19-7-2-3-11-25-19)24(32)30(17)16-22(31)28-15-18-6-4-9-21-20(18)8-5-12-26-21/h2-9,11-12,14H,10,13,15-16H2,1H3,(H,27,29)(H,28,31). The van der Waals surface area contributed by atoms with E-state index in [2.05, 4.69) is 25.6 Å². The number of benzene rings is 1. The van der Waals surface area contributed by atoms with Crippen molar-refractivity contribution in [2.24, 2.45) is 0 Å². The quantitative estimate of drug-likeness (QED) is 0.447. The Morgan fingerprint density at radius 1 is 1.00 bits per heavy atom. The predicted octanol–water partition coefficient (Wildman–Crippen LogP) is 2.47. The summed E-state index contributed by atoms with van der Waals surface area (Å²) in [7, 11) is 0. The van der Waals surface area contributed by atoms with Crippen LogP contribution in [0, 0.1) is 6.92 Å². The maximum atomic E-state index is 12.9. The van der Waals surface area contributed by atoms with Gasteiger partial charge in [-0.15, -0.1) is 0 Å². The number of anilines is 1. The summed E-state index contributed by atoms with van der Waals surface area (Å²) >= 11 is 0. The lowest BCUT2D eigenvalue weighted by Gasteiger charge is -2.13. The molecule has 0 aliphatic carbocycles. The Morgan fingerprint density at radius 3 is 2.72 bits per heavy atom. The van der Waals surface area contributed by atoms with Crippen LogP contribution in [0.15, 0.2) is 71.9 Å². The number of pyridine rings is 2. The lowest BCUT2D eigenvalue weighted by Crippen LogP contribution is -2.34. The van der Waals surface area contributed by atoms with Gasteiger partial charge >= 0.3 is 0 Å². The van der Waals surface area contributed by atoms with Gasteiger partial charge in [0.05, 0.1) is 5.52 Å². The Hall–Kier alpha value is -4.07. The van der Waals surface area contributed by atoms with Crippen molar-refractivity contribution in [2.45, 2.75) is 26.4 Å². The van der Waals surface area contributed by atoms with E-state index in [0.717, 1.165) is 22.2 Å². The molecule has 0 radical (unpaired) electrons. The van der Waals surface area contributed by atoms with Crippen LogP contribution < -0.4 is 16.2 Å². The molecule has 0 aliphatic heterocycles. The van der Waals surface area contributed by atoms with Crippen LogP contribution in [0.4, 0.5) is 5.82 Å². The molecule has 32 heavy (non-hydrogen) atoms. The molecule has 1 aromatic carbocycles. The van der Waals surface area contributed by atoms with Crippen LogP contribution in [0.25, 0.3) is 10.9 Å². The number of hydrogen-bond acceptors (Lipinski definition) is 6. The molecule has 0 fully saturated rings. The van der Waals surface area contributed by atoms with Crippen LogP contribution in [0.5, 0.6) is 0 Å². The topological polar surface area (TPSA) is 102 Å². The van der Waals surface area contributed by atoms with Crippen molar-refractivity contribution in [1.82, 2.24) is 24.8 Å². The van der Waals surface area contributed by atoms with Gasteiger partial charge in [0.2, 0.25) is 5.91 Å². The average Bonchev–Trinajstić information content (AvgIpc) is 2.82. The van der Waals surface area contributed by atoms with Crippen LogP contribution in [0.1, 0.15) is 17.0 Å². The summed E-state index contributed by atoms with van der Waals surface area (Å²) in [5.41, 5.74) is 3.07. The number of rotatable bonds is 8. The van der Waals surface area contributed by atoms with E-state index < -0.39 is 0 Å². The SMILES string of the molecule is Cc1cnc(NCCc2ccccn2)c(=O)n1CC(=O)NCc1cccc2ncccc12. The third-order valence-corrected chi connectivity index (χ3v) is 5.17. The van der Waals surface area contributed by atoms with Crippen LogP contribution in [-0.4, -0.2) is 32.0 Å².